The van der Waals surface area contributed by atoms with Crippen molar-refractivity contribution < 1.29 is 14.6 Å². The van der Waals surface area contributed by atoms with Gasteiger partial charge in [-0.15, -0.1) is 0 Å². The molecule has 0 heterocycles. The molecule has 0 saturated heterocycles. The highest BCUT2D eigenvalue weighted by Gasteiger charge is 2.11. The number of hydrogen-bond donors (Lipinski definition) is 1. The lowest BCUT2D eigenvalue weighted by Crippen LogP contribution is -2.34. The minimum absolute atomic E-state index is 0.210. The van der Waals surface area contributed by atoms with E-state index in [-0.39, 0.29) is 5.56 Å². The van der Waals surface area contributed by atoms with Crippen LogP contribution in [0.1, 0.15) is 17.3 Å². The third kappa shape index (κ3) is 5.12. The van der Waals surface area contributed by atoms with Gasteiger partial charge in [-0.3, -0.25) is 4.90 Å². The van der Waals surface area contributed by atoms with Crippen LogP contribution in [0.5, 0.6) is 5.75 Å². The number of benzene rings is 1. The summed E-state index contributed by atoms with van der Waals surface area (Å²) >= 11 is 1.81. The monoisotopic (exact) mass is 283 g/mol. The second kappa shape index (κ2) is 8.07. The van der Waals surface area contributed by atoms with Crippen LogP contribution in [0.3, 0.4) is 0 Å². The maximum atomic E-state index is 11.0. The van der Waals surface area contributed by atoms with Crippen LogP contribution in [0.2, 0.25) is 0 Å². The highest BCUT2D eigenvalue weighted by molar-refractivity contribution is 7.98. The highest BCUT2D eigenvalue weighted by Crippen LogP contribution is 2.17. The molecule has 106 valence electrons. The molecule has 0 spiro atoms. The molecule has 0 aliphatic carbocycles. The fourth-order valence-corrected chi connectivity index (χ4v) is 2.39. The van der Waals surface area contributed by atoms with E-state index >= 15 is 0 Å². The molecule has 0 aromatic heterocycles. The number of thioether (sulfide) groups is 1. The van der Waals surface area contributed by atoms with Gasteiger partial charge in [0.15, 0.2) is 0 Å². The van der Waals surface area contributed by atoms with E-state index in [1.807, 2.05) is 18.8 Å². The Hall–Kier alpha value is -1.20. The summed E-state index contributed by atoms with van der Waals surface area (Å²) in [4.78, 5) is 13.2. The van der Waals surface area contributed by atoms with Crippen LogP contribution in [-0.2, 0) is 0 Å². The topological polar surface area (TPSA) is 49.8 Å². The maximum Gasteiger partial charge on any atom is 0.339 e. The Bertz CT molecular complexity index is 411. The van der Waals surface area contributed by atoms with Crippen LogP contribution in [0.15, 0.2) is 24.3 Å². The number of carboxylic acid groups (broad SMARTS) is 1. The average molecular weight is 283 g/mol. The van der Waals surface area contributed by atoms with E-state index in [2.05, 4.69) is 18.1 Å². The van der Waals surface area contributed by atoms with E-state index in [0.717, 1.165) is 12.3 Å². The summed E-state index contributed by atoms with van der Waals surface area (Å²) < 4.78 is 5.57. The van der Waals surface area contributed by atoms with Gasteiger partial charge >= 0.3 is 5.97 Å². The first-order chi connectivity index (χ1) is 9.06. The number of para-hydroxylation sites is 1. The summed E-state index contributed by atoms with van der Waals surface area (Å²) in [7, 11) is 2.05. The summed E-state index contributed by atoms with van der Waals surface area (Å²) in [5.41, 5.74) is 0.210. The van der Waals surface area contributed by atoms with Crippen LogP contribution < -0.4 is 4.74 Å². The molecule has 0 fully saturated rings. The van der Waals surface area contributed by atoms with Gasteiger partial charge in [0.1, 0.15) is 17.9 Å². The molecule has 19 heavy (non-hydrogen) atoms. The van der Waals surface area contributed by atoms with Crippen molar-refractivity contribution in [3.05, 3.63) is 29.8 Å². The predicted molar refractivity (Wildman–Crippen MR) is 79.4 cm³/mol. The number of hydrogen-bond acceptors (Lipinski definition) is 4. The highest BCUT2D eigenvalue weighted by atomic mass is 32.2. The van der Waals surface area contributed by atoms with Crippen molar-refractivity contribution >= 4 is 17.7 Å². The summed E-state index contributed by atoms with van der Waals surface area (Å²) in [5.74, 6) is 0.544. The van der Waals surface area contributed by atoms with Crippen LogP contribution in [0, 0.1) is 0 Å². The van der Waals surface area contributed by atoms with Gasteiger partial charge in [-0.05, 0) is 32.4 Å². The number of aromatic carboxylic acids is 1. The van der Waals surface area contributed by atoms with Gasteiger partial charge in [-0.2, -0.15) is 11.8 Å². The van der Waals surface area contributed by atoms with Crippen molar-refractivity contribution in [2.24, 2.45) is 0 Å². The Morgan fingerprint density at radius 3 is 2.79 bits per heavy atom. The van der Waals surface area contributed by atoms with Gasteiger partial charge in [0.2, 0.25) is 0 Å². The lowest BCUT2D eigenvalue weighted by atomic mass is 10.2. The summed E-state index contributed by atoms with van der Waals surface area (Å²) in [6, 6.07) is 7.20. The van der Waals surface area contributed by atoms with Gasteiger partial charge in [0.05, 0.1) is 0 Å². The van der Waals surface area contributed by atoms with Crippen LogP contribution in [0.4, 0.5) is 0 Å². The average Bonchev–Trinajstić information content (AvgIpc) is 2.39. The second-order valence-corrected chi connectivity index (χ2v) is 5.35. The van der Waals surface area contributed by atoms with Crippen molar-refractivity contribution in [2.45, 2.75) is 13.0 Å². The maximum absolute atomic E-state index is 11.0. The number of nitrogens with zero attached hydrogens (tertiary/aromatic N) is 1. The molecule has 1 N–H and O–H groups in total. The molecule has 1 aromatic rings. The molecule has 0 saturated carbocycles. The normalized spacial score (nSPS) is 12.4. The first kappa shape index (κ1) is 15.9. The van der Waals surface area contributed by atoms with Gasteiger partial charge in [0.25, 0.3) is 0 Å². The zero-order chi connectivity index (χ0) is 14.3. The van der Waals surface area contributed by atoms with Crippen LogP contribution >= 0.6 is 11.8 Å². The Labute approximate surface area is 118 Å². The van der Waals surface area contributed by atoms with E-state index in [4.69, 9.17) is 9.84 Å². The number of rotatable bonds is 8. The first-order valence-corrected chi connectivity index (χ1v) is 7.60. The van der Waals surface area contributed by atoms with Crippen molar-refractivity contribution in [1.29, 1.82) is 0 Å². The molecule has 0 bridgehead atoms. The molecular formula is C14H21NO3S. The number of carbonyl (C=O) groups is 1. The molecule has 1 aromatic carbocycles. The van der Waals surface area contributed by atoms with Crippen molar-refractivity contribution in [2.75, 3.05) is 32.2 Å². The minimum Gasteiger partial charge on any atom is -0.491 e. The van der Waals surface area contributed by atoms with Crippen molar-refractivity contribution in [3.8, 4) is 5.75 Å². The lowest BCUT2D eigenvalue weighted by Gasteiger charge is -2.24. The summed E-state index contributed by atoms with van der Waals surface area (Å²) in [5, 5.41) is 9.04. The SMILES string of the molecule is CSCC(C)N(C)CCOc1ccccc1C(=O)O. The molecule has 4 nitrogen and oxygen atoms in total. The number of carboxylic acids is 1. The van der Waals surface area contributed by atoms with Crippen molar-refractivity contribution in [1.82, 2.24) is 4.90 Å². The van der Waals surface area contributed by atoms with E-state index in [1.54, 1.807) is 24.3 Å². The first-order valence-electron chi connectivity index (χ1n) is 6.20. The standard InChI is InChI=1S/C14H21NO3S/c1-11(10-19-3)15(2)8-9-18-13-7-5-4-6-12(13)14(16)17/h4-7,11H,8-10H2,1-3H3,(H,16,17). The predicted octanol–water partition coefficient (Wildman–Crippen LogP) is 2.45. The smallest absolute Gasteiger partial charge is 0.339 e. The van der Waals surface area contributed by atoms with Crippen LogP contribution in [-0.4, -0.2) is 54.2 Å². The van der Waals surface area contributed by atoms with E-state index < -0.39 is 5.97 Å². The summed E-state index contributed by atoms with van der Waals surface area (Å²) in [6.07, 6.45) is 2.09. The third-order valence-electron chi connectivity index (χ3n) is 2.98. The third-order valence-corrected chi connectivity index (χ3v) is 3.80. The van der Waals surface area contributed by atoms with E-state index in [0.29, 0.717) is 18.4 Å². The molecule has 0 aliphatic heterocycles. The summed E-state index contributed by atoms with van der Waals surface area (Å²) in [6.45, 7) is 3.43. The minimum atomic E-state index is -0.959. The molecule has 1 atom stereocenters. The Morgan fingerprint density at radius 1 is 1.47 bits per heavy atom. The Morgan fingerprint density at radius 2 is 2.16 bits per heavy atom. The Kier molecular flexibility index (Phi) is 6.73. The van der Waals surface area contributed by atoms with Crippen LogP contribution in [0.25, 0.3) is 0 Å². The number of ether oxygens (including phenoxy) is 1. The molecular weight excluding hydrogens is 262 g/mol. The molecule has 0 aliphatic rings. The fourth-order valence-electron chi connectivity index (χ4n) is 1.66. The zero-order valence-corrected chi connectivity index (χ0v) is 12.4. The fraction of sp³-hybridized carbons (Fsp3) is 0.500. The molecule has 0 radical (unpaired) electrons. The molecule has 1 rings (SSSR count). The Balaban J connectivity index is 2.47. The van der Waals surface area contributed by atoms with E-state index in [9.17, 15) is 4.79 Å². The molecule has 5 heteroatoms. The molecule has 0 amide bonds. The zero-order valence-electron chi connectivity index (χ0n) is 11.6. The van der Waals surface area contributed by atoms with Gasteiger partial charge in [-0.25, -0.2) is 4.79 Å². The lowest BCUT2D eigenvalue weighted by molar-refractivity contribution is 0.0691. The van der Waals surface area contributed by atoms with Gasteiger partial charge < -0.3 is 9.84 Å². The van der Waals surface area contributed by atoms with Crippen molar-refractivity contribution in [3.63, 3.8) is 0 Å². The van der Waals surface area contributed by atoms with Gasteiger partial charge in [-0.1, -0.05) is 12.1 Å². The van der Waals surface area contributed by atoms with Gasteiger partial charge in [0, 0.05) is 18.3 Å². The molecule has 1 unspecified atom stereocenters. The van der Waals surface area contributed by atoms with E-state index in [1.165, 1.54) is 0 Å². The second-order valence-electron chi connectivity index (χ2n) is 4.43. The largest absolute Gasteiger partial charge is 0.491 e. The number of likely N-dealkylation sites (N-methyl/N-ethyl adjacent to an activating group) is 1. The quantitative estimate of drug-likeness (QED) is 0.794.